The van der Waals surface area contributed by atoms with E-state index in [1.165, 1.54) is 0 Å². The van der Waals surface area contributed by atoms with Gasteiger partial charge < -0.3 is 5.11 Å². The second-order valence-electron chi connectivity index (χ2n) is 3.58. The molecular weight excluding hydrogens is 308 g/mol. The van der Waals surface area contributed by atoms with Crippen molar-refractivity contribution in [3.63, 3.8) is 0 Å². The summed E-state index contributed by atoms with van der Waals surface area (Å²) >= 11 is 11.3. The largest absolute Gasteiger partial charge is 0.393 e. The molecule has 16 heavy (non-hydrogen) atoms. The minimum absolute atomic E-state index is 0.294. The van der Waals surface area contributed by atoms with Crippen LogP contribution in [0.1, 0.15) is 18.9 Å². The predicted molar refractivity (Wildman–Crippen MR) is 76.5 cm³/mol. The molecule has 0 radical (unpaired) electrons. The standard InChI is InChI=1S/C12H16BrClOS/c1-2-16-6-5-11(15)7-9-3-4-10(13)8-12(9)14/h3-4,8,11,15H,2,5-7H2,1H3. The molecule has 0 bridgehead atoms. The molecule has 0 aliphatic carbocycles. The molecule has 0 aromatic heterocycles. The van der Waals surface area contributed by atoms with Crippen LogP contribution in [0.15, 0.2) is 22.7 Å². The smallest absolute Gasteiger partial charge is 0.0589 e. The first-order valence-electron chi connectivity index (χ1n) is 5.33. The van der Waals surface area contributed by atoms with Crippen LogP contribution in [0.3, 0.4) is 0 Å². The van der Waals surface area contributed by atoms with E-state index in [9.17, 15) is 5.11 Å². The number of thioether (sulfide) groups is 1. The first kappa shape index (κ1) is 14.4. The lowest BCUT2D eigenvalue weighted by Crippen LogP contribution is -2.11. The number of rotatable bonds is 6. The molecule has 4 heteroatoms. The maximum absolute atomic E-state index is 9.84. The van der Waals surface area contributed by atoms with E-state index in [2.05, 4.69) is 22.9 Å². The lowest BCUT2D eigenvalue weighted by atomic mass is 10.1. The molecule has 1 nitrogen and oxygen atoms in total. The van der Waals surface area contributed by atoms with Crippen molar-refractivity contribution in [3.05, 3.63) is 33.3 Å². The second-order valence-corrected chi connectivity index (χ2v) is 6.30. The topological polar surface area (TPSA) is 20.2 Å². The van der Waals surface area contributed by atoms with Gasteiger partial charge in [0.2, 0.25) is 0 Å². The first-order chi connectivity index (χ1) is 7.63. The van der Waals surface area contributed by atoms with Gasteiger partial charge in [-0.1, -0.05) is 40.5 Å². The molecule has 0 heterocycles. The number of hydrogen-bond acceptors (Lipinski definition) is 2. The van der Waals surface area contributed by atoms with Crippen LogP contribution in [0.5, 0.6) is 0 Å². The number of aliphatic hydroxyl groups is 1. The van der Waals surface area contributed by atoms with Gasteiger partial charge >= 0.3 is 0 Å². The summed E-state index contributed by atoms with van der Waals surface area (Å²) < 4.78 is 0.970. The maximum Gasteiger partial charge on any atom is 0.0589 e. The molecule has 1 N–H and O–H groups in total. The van der Waals surface area contributed by atoms with E-state index in [0.717, 1.165) is 33.0 Å². The van der Waals surface area contributed by atoms with Crippen molar-refractivity contribution in [2.24, 2.45) is 0 Å². The Bertz CT molecular complexity index is 333. The van der Waals surface area contributed by atoms with E-state index >= 15 is 0 Å². The molecular formula is C12H16BrClOS. The van der Waals surface area contributed by atoms with E-state index < -0.39 is 0 Å². The molecule has 90 valence electrons. The van der Waals surface area contributed by atoms with Crippen molar-refractivity contribution >= 4 is 39.3 Å². The van der Waals surface area contributed by atoms with E-state index in [1.54, 1.807) is 0 Å². The van der Waals surface area contributed by atoms with Crippen LogP contribution in [-0.2, 0) is 6.42 Å². The Balaban J connectivity index is 2.46. The number of hydrogen-bond donors (Lipinski definition) is 1. The summed E-state index contributed by atoms with van der Waals surface area (Å²) in [5.74, 6) is 2.11. The number of benzene rings is 1. The van der Waals surface area contributed by atoms with Gasteiger partial charge in [0.1, 0.15) is 0 Å². The van der Waals surface area contributed by atoms with E-state index in [4.69, 9.17) is 11.6 Å². The molecule has 1 aromatic carbocycles. The Morgan fingerprint density at radius 3 is 2.88 bits per heavy atom. The summed E-state index contributed by atoms with van der Waals surface area (Å²) in [5, 5.41) is 10.6. The van der Waals surface area contributed by atoms with Crippen molar-refractivity contribution in [2.45, 2.75) is 25.9 Å². The number of aliphatic hydroxyl groups excluding tert-OH is 1. The SMILES string of the molecule is CCSCCC(O)Cc1ccc(Br)cc1Cl. The second kappa shape index (κ2) is 7.59. The molecule has 1 unspecified atom stereocenters. The molecule has 0 amide bonds. The third kappa shape index (κ3) is 5.09. The zero-order valence-corrected chi connectivity index (χ0v) is 12.4. The minimum Gasteiger partial charge on any atom is -0.393 e. The highest BCUT2D eigenvalue weighted by molar-refractivity contribution is 9.10. The van der Waals surface area contributed by atoms with Gasteiger partial charge in [0.05, 0.1) is 6.10 Å². The third-order valence-electron chi connectivity index (χ3n) is 2.27. The van der Waals surface area contributed by atoms with Crippen LogP contribution in [0, 0.1) is 0 Å². The highest BCUT2D eigenvalue weighted by atomic mass is 79.9. The fraction of sp³-hybridized carbons (Fsp3) is 0.500. The maximum atomic E-state index is 9.84. The van der Waals surface area contributed by atoms with Gasteiger partial charge in [-0.2, -0.15) is 11.8 Å². The molecule has 0 fully saturated rings. The molecule has 0 aliphatic rings. The molecule has 1 atom stereocenters. The van der Waals surface area contributed by atoms with Gasteiger partial charge in [0.25, 0.3) is 0 Å². The van der Waals surface area contributed by atoms with Crippen LogP contribution in [-0.4, -0.2) is 22.7 Å². The quantitative estimate of drug-likeness (QED) is 0.794. The summed E-state index contributed by atoms with van der Waals surface area (Å²) in [6, 6.07) is 5.78. The van der Waals surface area contributed by atoms with E-state index in [-0.39, 0.29) is 6.10 Å². The van der Waals surface area contributed by atoms with Gasteiger partial charge in [0, 0.05) is 9.50 Å². The van der Waals surface area contributed by atoms with Crippen LogP contribution < -0.4 is 0 Å². The monoisotopic (exact) mass is 322 g/mol. The lowest BCUT2D eigenvalue weighted by Gasteiger charge is -2.11. The predicted octanol–water partition coefficient (Wildman–Crippen LogP) is 4.15. The number of halogens is 2. The fourth-order valence-electron chi connectivity index (χ4n) is 1.41. The van der Waals surface area contributed by atoms with E-state index in [0.29, 0.717) is 6.42 Å². The Morgan fingerprint density at radius 2 is 2.25 bits per heavy atom. The summed E-state index contributed by atoms with van der Waals surface area (Å²) in [6.45, 7) is 2.13. The lowest BCUT2D eigenvalue weighted by molar-refractivity contribution is 0.172. The first-order valence-corrected chi connectivity index (χ1v) is 7.65. The van der Waals surface area contributed by atoms with Crippen LogP contribution in [0.25, 0.3) is 0 Å². The van der Waals surface area contributed by atoms with Gasteiger partial charge in [-0.15, -0.1) is 0 Å². The van der Waals surface area contributed by atoms with Gasteiger partial charge in [-0.3, -0.25) is 0 Å². The minimum atomic E-state index is -0.294. The van der Waals surface area contributed by atoms with Crippen LogP contribution >= 0.6 is 39.3 Å². The fourth-order valence-corrected chi connectivity index (χ4v) is 2.88. The average molecular weight is 324 g/mol. The average Bonchev–Trinajstić information content (AvgIpc) is 2.23. The van der Waals surface area contributed by atoms with Crippen molar-refractivity contribution in [3.8, 4) is 0 Å². The van der Waals surface area contributed by atoms with E-state index in [1.807, 2.05) is 30.0 Å². The molecule has 0 saturated heterocycles. The van der Waals surface area contributed by atoms with Crippen molar-refractivity contribution in [1.82, 2.24) is 0 Å². The Morgan fingerprint density at radius 1 is 1.50 bits per heavy atom. The van der Waals surface area contributed by atoms with Gasteiger partial charge in [-0.25, -0.2) is 0 Å². The Kier molecular flexibility index (Phi) is 6.81. The summed E-state index contributed by atoms with van der Waals surface area (Å²) in [6.07, 6.45) is 1.17. The van der Waals surface area contributed by atoms with Crippen molar-refractivity contribution in [1.29, 1.82) is 0 Å². The highest BCUT2D eigenvalue weighted by Gasteiger charge is 2.08. The molecule has 0 spiro atoms. The molecule has 0 aliphatic heterocycles. The third-order valence-corrected chi connectivity index (χ3v) is 4.05. The molecule has 0 saturated carbocycles. The summed E-state index contributed by atoms with van der Waals surface area (Å²) in [4.78, 5) is 0. The van der Waals surface area contributed by atoms with Crippen LogP contribution in [0.2, 0.25) is 5.02 Å². The van der Waals surface area contributed by atoms with Crippen molar-refractivity contribution in [2.75, 3.05) is 11.5 Å². The zero-order valence-electron chi connectivity index (χ0n) is 9.25. The van der Waals surface area contributed by atoms with Gasteiger partial charge in [0.15, 0.2) is 0 Å². The molecule has 1 aromatic rings. The van der Waals surface area contributed by atoms with Crippen molar-refractivity contribution < 1.29 is 5.11 Å². The highest BCUT2D eigenvalue weighted by Crippen LogP contribution is 2.23. The Hall–Kier alpha value is 0.300. The van der Waals surface area contributed by atoms with Gasteiger partial charge in [-0.05, 0) is 42.0 Å². The zero-order chi connectivity index (χ0) is 12.0. The van der Waals surface area contributed by atoms with Crippen LogP contribution in [0.4, 0.5) is 0 Å². The summed E-state index contributed by atoms with van der Waals surface area (Å²) in [5.41, 5.74) is 1.01. The molecule has 1 rings (SSSR count). The summed E-state index contributed by atoms with van der Waals surface area (Å²) in [7, 11) is 0. The normalized spacial score (nSPS) is 12.8. The Labute approximate surface area is 115 Å².